The van der Waals surface area contributed by atoms with Crippen LogP contribution in [0.1, 0.15) is 0 Å². The summed E-state index contributed by atoms with van der Waals surface area (Å²) in [4.78, 5) is 0. The Balaban J connectivity index is 2.50. The van der Waals surface area contributed by atoms with Crippen LogP contribution in [0.3, 0.4) is 0 Å². The first-order chi connectivity index (χ1) is 4.33. The van der Waals surface area contributed by atoms with Gasteiger partial charge in [0.15, 0.2) is 0 Å². The van der Waals surface area contributed by atoms with Crippen LogP contribution in [0.2, 0.25) is 0 Å². The Morgan fingerprint density at radius 1 is 1.11 bits per heavy atom. The molecule has 0 aromatic heterocycles. The van der Waals surface area contributed by atoms with Crippen LogP contribution in [-0.4, -0.2) is 20.4 Å². The summed E-state index contributed by atoms with van der Waals surface area (Å²) in [6, 6.07) is 0. The second-order valence-corrected chi connectivity index (χ2v) is 1.42. The molecule has 1 aliphatic heterocycles. The smallest absolute Gasteiger partial charge is 0.411 e. The van der Waals surface area contributed by atoms with Crippen LogP contribution in [0, 0.1) is 0 Å². The monoisotopic (exact) mass is 132 g/mol. The molecule has 9 heavy (non-hydrogen) atoms. The Morgan fingerprint density at radius 3 is 1.78 bits per heavy atom. The number of methoxy groups -OCH3 is 2. The van der Waals surface area contributed by atoms with Crippen molar-refractivity contribution in [1.29, 1.82) is 0 Å². The van der Waals surface area contributed by atoms with Crippen LogP contribution in [0.15, 0.2) is 12.5 Å². The molecule has 0 fully saturated rings. The molecule has 0 bridgehead atoms. The third kappa shape index (κ3) is 0.988. The second kappa shape index (κ2) is 2.24. The first kappa shape index (κ1) is 6.38. The van der Waals surface area contributed by atoms with Crippen molar-refractivity contribution in [3.8, 4) is 0 Å². The first-order valence-electron chi connectivity index (χ1n) is 2.44. The van der Waals surface area contributed by atoms with E-state index in [9.17, 15) is 0 Å². The lowest BCUT2D eigenvalue weighted by Crippen LogP contribution is -2.34. The van der Waals surface area contributed by atoms with Gasteiger partial charge in [-0.25, -0.2) is 0 Å². The van der Waals surface area contributed by atoms with E-state index >= 15 is 0 Å². The second-order valence-electron chi connectivity index (χ2n) is 1.42. The van der Waals surface area contributed by atoms with Gasteiger partial charge < -0.3 is 9.47 Å². The van der Waals surface area contributed by atoms with E-state index in [4.69, 9.17) is 18.9 Å². The average Bonchev–Trinajstić information content (AvgIpc) is 2.36. The zero-order chi connectivity index (χ0) is 6.74. The molecule has 0 saturated heterocycles. The van der Waals surface area contributed by atoms with Gasteiger partial charge in [-0.05, 0) is 0 Å². The molecular weight excluding hydrogens is 124 g/mol. The summed E-state index contributed by atoms with van der Waals surface area (Å²) < 4.78 is 19.0. The van der Waals surface area contributed by atoms with Gasteiger partial charge in [0.05, 0.1) is 0 Å². The van der Waals surface area contributed by atoms with Gasteiger partial charge >= 0.3 is 6.16 Å². The SMILES string of the molecule is COC1(OC)OC=CO1. The van der Waals surface area contributed by atoms with Gasteiger partial charge in [0, 0.05) is 14.2 Å². The standard InChI is InChI=1S/C5H8O4/c1-6-5(7-2)8-3-4-9-5/h3-4H,1-2H3. The van der Waals surface area contributed by atoms with Crippen molar-refractivity contribution in [2.45, 2.75) is 6.16 Å². The van der Waals surface area contributed by atoms with Crippen LogP contribution in [0.5, 0.6) is 0 Å². The van der Waals surface area contributed by atoms with Crippen molar-refractivity contribution in [1.82, 2.24) is 0 Å². The topological polar surface area (TPSA) is 36.9 Å². The lowest BCUT2D eigenvalue weighted by molar-refractivity contribution is -0.440. The molecule has 1 heterocycles. The molecule has 52 valence electrons. The molecule has 0 unspecified atom stereocenters. The average molecular weight is 132 g/mol. The van der Waals surface area contributed by atoms with Crippen molar-refractivity contribution in [3.05, 3.63) is 12.5 Å². The van der Waals surface area contributed by atoms with Gasteiger partial charge in [-0.2, -0.15) is 0 Å². The molecule has 0 amide bonds. The zero-order valence-corrected chi connectivity index (χ0v) is 5.29. The molecule has 4 nitrogen and oxygen atoms in total. The molecule has 0 atom stereocenters. The van der Waals surface area contributed by atoms with Crippen molar-refractivity contribution in [2.75, 3.05) is 14.2 Å². The fraction of sp³-hybridized carbons (Fsp3) is 0.600. The molecule has 0 spiro atoms. The normalized spacial score (nSPS) is 21.1. The van der Waals surface area contributed by atoms with Gasteiger partial charge in [-0.15, -0.1) is 0 Å². The molecule has 0 aromatic rings. The fourth-order valence-corrected chi connectivity index (χ4v) is 0.526. The lowest BCUT2D eigenvalue weighted by atomic mass is 11.0. The van der Waals surface area contributed by atoms with Crippen molar-refractivity contribution >= 4 is 0 Å². The summed E-state index contributed by atoms with van der Waals surface area (Å²) in [5.74, 6) is 0. The summed E-state index contributed by atoms with van der Waals surface area (Å²) in [6.45, 7) is 0. The quantitative estimate of drug-likeness (QED) is 0.510. The predicted octanol–water partition coefficient (Wildman–Crippen LogP) is 0.408. The van der Waals surface area contributed by atoms with Crippen molar-refractivity contribution < 1.29 is 18.9 Å². The Labute approximate surface area is 53.0 Å². The molecule has 0 saturated carbocycles. The molecule has 4 heteroatoms. The molecule has 0 aromatic carbocycles. The molecular formula is C5H8O4. The predicted molar refractivity (Wildman–Crippen MR) is 28.1 cm³/mol. The number of ether oxygens (including phenoxy) is 4. The van der Waals surface area contributed by atoms with Crippen molar-refractivity contribution in [2.24, 2.45) is 0 Å². The van der Waals surface area contributed by atoms with E-state index in [1.54, 1.807) is 0 Å². The van der Waals surface area contributed by atoms with Crippen LogP contribution in [-0.2, 0) is 18.9 Å². The Hall–Kier alpha value is -0.740. The highest BCUT2D eigenvalue weighted by molar-refractivity contribution is 4.70. The number of rotatable bonds is 2. The fourth-order valence-electron chi connectivity index (χ4n) is 0.526. The van der Waals surface area contributed by atoms with Gasteiger partial charge in [0.1, 0.15) is 12.5 Å². The summed E-state index contributed by atoms with van der Waals surface area (Å²) >= 11 is 0. The molecule has 0 aliphatic carbocycles. The van der Waals surface area contributed by atoms with Crippen LogP contribution in [0.4, 0.5) is 0 Å². The van der Waals surface area contributed by atoms with E-state index in [-0.39, 0.29) is 0 Å². The summed E-state index contributed by atoms with van der Waals surface area (Å²) in [5, 5.41) is 0. The number of hydrogen-bond acceptors (Lipinski definition) is 4. The van der Waals surface area contributed by atoms with E-state index in [1.165, 1.54) is 26.7 Å². The highest BCUT2D eigenvalue weighted by atomic mass is 17.0. The third-order valence-electron chi connectivity index (χ3n) is 0.980. The minimum atomic E-state index is -1.33. The first-order valence-corrected chi connectivity index (χ1v) is 2.44. The molecule has 1 aliphatic rings. The van der Waals surface area contributed by atoms with Crippen molar-refractivity contribution in [3.63, 3.8) is 0 Å². The minimum Gasteiger partial charge on any atom is -0.411 e. The highest BCUT2D eigenvalue weighted by Gasteiger charge is 2.36. The van der Waals surface area contributed by atoms with E-state index in [2.05, 4.69) is 0 Å². The Kier molecular flexibility index (Phi) is 1.59. The van der Waals surface area contributed by atoms with Gasteiger partial charge in [0.2, 0.25) is 0 Å². The molecule has 0 N–H and O–H groups in total. The maximum Gasteiger partial charge on any atom is 0.508 e. The van der Waals surface area contributed by atoms with Crippen LogP contribution in [0.25, 0.3) is 0 Å². The van der Waals surface area contributed by atoms with E-state index in [0.29, 0.717) is 0 Å². The van der Waals surface area contributed by atoms with Crippen LogP contribution < -0.4 is 0 Å². The highest BCUT2D eigenvalue weighted by Crippen LogP contribution is 2.20. The largest absolute Gasteiger partial charge is 0.508 e. The Morgan fingerprint density at radius 2 is 1.56 bits per heavy atom. The van der Waals surface area contributed by atoms with Crippen LogP contribution >= 0.6 is 0 Å². The molecule has 0 radical (unpaired) electrons. The maximum absolute atomic E-state index is 4.79. The van der Waals surface area contributed by atoms with Gasteiger partial charge in [0.25, 0.3) is 0 Å². The summed E-state index contributed by atoms with van der Waals surface area (Å²) in [7, 11) is 2.85. The minimum absolute atomic E-state index is 1.33. The number of hydrogen-bond donors (Lipinski definition) is 0. The third-order valence-corrected chi connectivity index (χ3v) is 0.980. The van der Waals surface area contributed by atoms with E-state index in [1.807, 2.05) is 0 Å². The maximum atomic E-state index is 4.79. The van der Waals surface area contributed by atoms with E-state index < -0.39 is 6.16 Å². The van der Waals surface area contributed by atoms with E-state index in [0.717, 1.165) is 0 Å². The lowest BCUT2D eigenvalue weighted by Gasteiger charge is -2.21. The summed E-state index contributed by atoms with van der Waals surface area (Å²) in [6.07, 6.45) is 1.37. The Bertz CT molecular complexity index is 106. The zero-order valence-electron chi connectivity index (χ0n) is 5.29. The van der Waals surface area contributed by atoms with Gasteiger partial charge in [-0.1, -0.05) is 0 Å². The summed E-state index contributed by atoms with van der Waals surface area (Å²) in [5.41, 5.74) is 0. The molecule has 1 rings (SSSR count). The van der Waals surface area contributed by atoms with Gasteiger partial charge in [-0.3, -0.25) is 9.47 Å².